The van der Waals surface area contributed by atoms with Crippen LogP contribution in [0.15, 0.2) is 54.6 Å². The molecule has 1 N–H and O–H groups in total. The number of aliphatic hydroxyl groups is 1. The smallest absolute Gasteiger partial charge is 0.123 e. The Bertz CT molecular complexity index is 468. The van der Waals surface area contributed by atoms with Gasteiger partial charge in [0, 0.05) is 0 Å². The van der Waals surface area contributed by atoms with Crippen LogP contribution < -0.4 is 4.74 Å². The maximum Gasteiger partial charge on any atom is 0.123 e. The third-order valence-electron chi connectivity index (χ3n) is 2.66. The van der Waals surface area contributed by atoms with E-state index < -0.39 is 12.8 Å². The Morgan fingerprint density at radius 2 is 1.56 bits per heavy atom. The molecule has 0 aliphatic rings. The summed E-state index contributed by atoms with van der Waals surface area (Å²) < 4.78 is 17.1. The summed E-state index contributed by atoms with van der Waals surface area (Å²) in [5, 5.41) is 10.2. The van der Waals surface area contributed by atoms with Crippen molar-refractivity contribution >= 4 is 0 Å². The molecule has 18 heavy (non-hydrogen) atoms. The lowest BCUT2D eigenvalue weighted by molar-refractivity contribution is 0.220. The molecule has 0 spiro atoms. The fourth-order valence-corrected chi connectivity index (χ4v) is 1.73. The fraction of sp³-hybridized carbons (Fsp3) is 0.200. The number of ether oxygens (including phenoxy) is 1. The van der Waals surface area contributed by atoms with Crippen molar-refractivity contribution in [1.82, 2.24) is 0 Å². The van der Waals surface area contributed by atoms with Gasteiger partial charge in [-0.15, -0.1) is 0 Å². The molecule has 0 amide bonds. The first kappa shape index (κ1) is 12.6. The van der Waals surface area contributed by atoms with Gasteiger partial charge in [0.15, 0.2) is 0 Å². The van der Waals surface area contributed by atoms with E-state index in [1.165, 1.54) is 0 Å². The van der Waals surface area contributed by atoms with Gasteiger partial charge in [-0.2, -0.15) is 0 Å². The molecule has 0 aliphatic carbocycles. The lowest BCUT2D eigenvalue weighted by atomic mass is 10.0. The number of alkyl halides is 1. The minimum atomic E-state index is -0.651. The van der Waals surface area contributed by atoms with Gasteiger partial charge in [-0.05, 0) is 23.3 Å². The van der Waals surface area contributed by atoms with Gasteiger partial charge < -0.3 is 9.84 Å². The summed E-state index contributed by atoms with van der Waals surface area (Å²) in [5.74, 6) is 0.608. The highest BCUT2D eigenvalue weighted by atomic mass is 19.1. The molecule has 94 valence electrons. The zero-order valence-corrected chi connectivity index (χ0v) is 9.92. The predicted octanol–water partition coefficient (Wildman–Crippen LogP) is 3.12. The average molecular weight is 246 g/mol. The fourth-order valence-electron chi connectivity index (χ4n) is 1.73. The molecule has 3 heteroatoms. The molecule has 0 radical (unpaired) electrons. The second-order valence-corrected chi connectivity index (χ2v) is 3.92. The highest BCUT2D eigenvalue weighted by Gasteiger charge is 2.09. The maximum absolute atomic E-state index is 11.9. The van der Waals surface area contributed by atoms with Crippen molar-refractivity contribution in [2.24, 2.45) is 0 Å². The first-order chi connectivity index (χ1) is 8.81. The molecule has 2 aromatic rings. The second-order valence-electron chi connectivity index (χ2n) is 3.92. The molecule has 0 saturated heterocycles. The van der Waals surface area contributed by atoms with E-state index in [1.54, 1.807) is 24.3 Å². The van der Waals surface area contributed by atoms with E-state index in [0.717, 1.165) is 11.1 Å². The predicted molar refractivity (Wildman–Crippen MR) is 68.4 cm³/mol. The number of rotatable bonds is 5. The zero-order valence-electron chi connectivity index (χ0n) is 9.92. The first-order valence-electron chi connectivity index (χ1n) is 5.83. The van der Waals surface area contributed by atoms with Crippen LogP contribution in [0, 0.1) is 0 Å². The summed E-state index contributed by atoms with van der Waals surface area (Å²) in [6, 6.07) is 16.5. The molecule has 0 saturated carbocycles. The van der Waals surface area contributed by atoms with Crippen LogP contribution in [0.1, 0.15) is 17.2 Å². The highest BCUT2D eigenvalue weighted by molar-refractivity contribution is 5.33. The van der Waals surface area contributed by atoms with Crippen LogP contribution in [0.2, 0.25) is 0 Å². The van der Waals surface area contributed by atoms with Gasteiger partial charge in [-0.1, -0.05) is 42.5 Å². The van der Waals surface area contributed by atoms with Crippen LogP contribution in [-0.4, -0.2) is 18.4 Å². The summed E-state index contributed by atoms with van der Waals surface area (Å²) in [4.78, 5) is 0. The number of benzene rings is 2. The Morgan fingerprint density at radius 3 is 2.17 bits per heavy atom. The van der Waals surface area contributed by atoms with Gasteiger partial charge in [0.25, 0.3) is 0 Å². The van der Waals surface area contributed by atoms with E-state index in [0.29, 0.717) is 5.75 Å². The Kier molecular flexibility index (Phi) is 4.31. The third kappa shape index (κ3) is 3.08. The Morgan fingerprint density at radius 1 is 0.944 bits per heavy atom. The molecular weight excluding hydrogens is 231 g/mol. The van der Waals surface area contributed by atoms with Gasteiger partial charge in [-0.3, -0.25) is 0 Å². The van der Waals surface area contributed by atoms with Crippen LogP contribution in [-0.2, 0) is 0 Å². The lowest BCUT2D eigenvalue weighted by Crippen LogP contribution is -2.01. The number of hydrogen-bond acceptors (Lipinski definition) is 2. The van der Waals surface area contributed by atoms with Crippen molar-refractivity contribution in [2.75, 3.05) is 13.3 Å². The summed E-state index contributed by atoms with van der Waals surface area (Å²) in [6.07, 6.45) is -0.651. The molecule has 0 fully saturated rings. The van der Waals surface area contributed by atoms with E-state index in [1.807, 2.05) is 30.3 Å². The Labute approximate surface area is 106 Å². The quantitative estimate of drug-likeness (QED) is 0.878. The van der Waals surface area contributed by atoms with Crippen LogP contribution in [0.4, 0.5) is 4.39 Å². The average Bonchev–Trinajstić information content (AvgIpc) is 2.46. The number of hydrogen-bond donors (Lipinski definition) is 1. The van der Waals surface area contributed by atoms with E-state index in [9.17, 15) is 9.50 Å². The van der Waals surface area contributed by atoms with Crippen LogP contribution in [0.25, 0.3) is 0 Å². The van der Waals surface area contributed by atoms with Crippen molar-refractivity contribution in [1.29, 1.82) is 0 Å². The molecule has 2 rings (SSSR count). The first-order valence-corrected chi connectivity index (χ1v) is 5.83. The van der Waals surface area contributed by atoms with Crippen molar-refractivity contribution < 1.29 is 14.2 Å². The van der Waals surface area contributed by atoms with E-state index in [2.05, 4.69) is 0 Å². The molecule has 1 unspecified atom stereocenters. The minimum Gasteiger partial charge on any atom is -0.491 e. The second kappa shape index (κ2) is 6.17. The van der Waals surface area contributed by atoms with Gasteiger partial charge in [0.05, 0.1) is 0 Å². The molecule has 2 aromatic carbocycles. The van der Waals surface area contributed by atoms with E-state index >= 15 is 0 Å². The topological polar surface area (TPSA) is 29.5 Å². The van der Waals surface area contributed by atoms with Crippen LogP contribution in [0.5, 0.6) is 5.75 Å². The third-order valence-corrected chi connectivity index (χ3v) is 2.66. The van der Waals surface area contributed by atoms with Crippen molar-refractivity contribution in [3.8, 4) is 5.75 Å². The minimum absolute atomic E-state index is 0.0561. The van der Waals surface area contributed by atoms with Gasteiger partial charge >= 0.3 is 0 Å². The Balaban J connectivity index is 2.09. The molecule has 0 aromatic heterocycles. The molecular formula is C15H15FO2. The van der Waals surface area contributed by atoms with Gasteiger partial charge in [-0.25, -0.2) is 4.39 Å². The molecule has 0 heterocycles. The SMILES string of the molecule is OC(c1ccccc1)c1ccc(OCCF)cc1. The zero-order chi connectivity index (χ0) is 12.8. The van der Waals surface area contributed by atoms with Crippen molar-refractivity contribution in [3.05, 3.63) is 65.7 Å². The molecule has 2 nitrogen and oxygen atoms in total. The summed E-state index contributed by atoms with van der Waals surface area (Å²) in [6.45, 7) is -0.449. The van der Waals surface area contributed by atoms with Crippen LogP contribution >= 0.6 is 0 Å². The number of aliphatic hydroxyl groups excluding tert-OH is 1. The Hall–Kier alpha value is -1.87. The summed E-state index contributed by atoms with van der Waals surface area (Å²) >= 11 is 0. The number of halogens is 1. The highest BCUT2D eigenvalue weighted by Crippen LogP contribution is 2.23. The summed E-state index contributed by atoms with van der Waals surface area (Å²) in [7, 11) is 0. The van der Waals surface area contributed by atoms with Crippen molar-refractivity contribution in [2.45, 2.75) is 6.10 Å². The normalized spacial score (nSPS) is 12.1. The monoisotopic (exact) mass is 246 g/mol. The largest absolute Gasteiger partial charge is 0.491 e. The molecule has 1 atom stereocenters. The van der Waals surface area contributed by atoms with Crippen LogP contribution in [0.3, 0.4) is 0 Å². The maximum atomic E-state index is 11.9. The van der Waals surface area contributed by atoms with Crippen molar-refractivity contribution in [3.63, 3.8) is 0 Å². The molecule has 0 bridgehead atoms. The lowest BCUT2D eigenvalue weighted by Gasteiger charge is -2.12. The van der Waals surface area contributed by atoms with E-state index in [-0.39, 0.29) is 6.61 Å². The standard InChI is InChI=1S/C15H15FO2/c16-10-11-18-14-8-6-13(7-9-14)15(17)12-4-2-1-3-5-12/h1-9,15,17H,10-11H2. The van der Waals surface area contributed by atoms with Gasteiger partial charge in [0.2, 0.25) is 0 Å². The van der Waals surface area contributed by atoms with Gasteiger partial charge in [0.1, 0.15) is 25.1 Å². The molecule has 0 aliphatic heterocycles. The van der Waals surface area contributed by atoms with E-state index in [4.69, 9.17) is 4.74 Å². The summed E-state index contributed by atoms with van der Waals surface area (Å²) in [5.41, 5.74) is 1.63.